The molecule has 0 saturated carbocycles. The quantitative estimate of drug-likeness (QED) is 0.884. The molecule has 5 nitrogen and oxygen atoms in total. The minimum atomic E-state index is -1.11. The molecule has 2 N–H and O–H groups in total. The molecule has 0 radical (unpaired) electrons. The SMILES string of the molecule is O=C(O)c1cncc(NC(=O)c2cc(Cl)ccc2Br)c1. The van der Waals surface area contributed by atoms with Crippen molar-refractivity contribution in [1.82, 2.24) is 4.98 Å². The number of hydrogen-bond acceptors (Lipinski definition) is 3. The summed E-state index contributed by atoms with van der Waals surface area (Å²) in [6.45, 7) is 0. The Hall–Kier alpha value is -1.92. The van der Waals surface area contributed by atoms with Crippen molar-refractivity contribution in [3.8, 4) is 0 Å². The Morgan fingerprint density at radius 3 is 2.70 bits per heavy atom. The van der Waals surface area contributed by atoms with Gasteiger partial charge >= 0.3 is 5.97 Å². The number of amides is 1. The van der Waals surface area contributed by atoms with E-state index in [0.717, 1.165) is 0 Å². The van der Waals surface area contributed by atoms with E-state index in [1.165, 1.54) is 24.5 Å². The van der Waals surface area contributed by atoms with Crippen molar-refractivity contribution in [1.29, 1.82) is 0 Å². The zero-order valence-corrected chi connectivity index (χ0v) is 12.3. The van der Waals surface area contributed by atoms with Crippen LogP contribution in [0.1, 0.15) is 20.7 Å². The number of pyridine rings is 1. The minimum Gasteiger partial charge on any atom is -0.478 e. The van der Waals surface area contributed by atoms with Crippen LogP contribution in [0.3, 0.4) is 0 Å². The van der Waals surface area contributed by atoms with Crippen LogP contribution < -0.4 is 5.32 Å². The number of hydrogen-bond donors (Lipinski definition) is 2. The monoisotopic (exact) mass is 354 g/mol. The first kappa shape index (κ1) is 14.5. The number of carbonyl (C=O) groups excluding carboxylic acids is 1. The summed E-state index contributed by atoms with van der Waals surface area (Å²) in [6.07, 6.45) is 2.57. The number of carboxylic acids is 1. The molecule has 2 aromatic rings. The van der Waals surface area contributed by atoms with Gasteiger partial charge in [-0.1, -0.05) is 11.6 Å². The average molecular weight is 356 g/mol. The van der Waals surface area contributed by atoms with E-state index in [1.54, 1.807) is 12.1 Å². The van der Waals surface area contributed by atoms with E-state index in [0.29, 0.717) is 20.7 Å². The van der Waals surface area contributed by atoms with Gasteiger partial charge in [-0.05, 0) is 40.2 Å². The van der Waals surface area contributed by atoms with Gasteiger partial charge in [0.15, 0.2) is 0 Å². The molecule has 2 rings (SSSR count). The fourth-order valence-corrected chi connectivity index (χ4v) is 2.09. The number of carbonyl (C=O) groups is 2. The standard InChI is InChI=1S/C13H8BrClN2O3/c14-11-2-1-8(15)4-10(11)12(18)17-9-3-7(13(19)20)5-16-6-9/h1-6H,(H,17,18)(H,19,20). The molecule has 0 aliphatic heterocycles. The molecule has 20 heavy (non-hydrogen) atoms. The summed E-state index contributed by atoms with van der Waals surface area (Å²) in [5.41, 5.74) is 0.632. The smallest absolute Gasteiger partial charge is 0.337 e. The van der Waals surface area contributed by atoms with Gasteiger partial charge in [0, 0.05) is 15.7 Å². The van der Waals surface area contributed by atoms with Gasteiger partial charge in [0.1, 0.15) is 0 Å². The highest BCUT2D eigenvalue weighted by Crippen LogP contribution is 2.22. The van der Waals surface area contributed by atoms with Gasteiger partial charge in [0.25, 0.3) is 5.91 Å². The van der Waals surface area contributed by atoms with Gasteiger partial charge in [-0.2, -0.15) is 0 Å². The lowest BCUT2D eigenvalue weighted by Gasteiger charge is -2.07. The number of aromatic nitrogens is 1. The zero-order chi connectivity index (χ0) is 14.7. The predicted molar refractivity (Wildman–Crippen MR) is 78.3 cm³/mol. The second-order valence-electron chi connectivity index (χ2n) is 3.85. The Kier molecular flexibility index (Phi) is 4.36. The maximum Gasteiger partial charge on any atom is 0.337 e. The molecule has 7 heteroatoms. The van der Waals surface area contributed by atoms with Gasteiger partial charge < -0.3 is 10.4 Å². The molecule has 1 aromatic heterocycles. The number of aromatic carboxylic acids is 1. The van der Waals surface area contributed by atoms with E-state index < -0.39 is 11.9 Å². The molecule has 0 aliphatic carbocycles. The van der Waals surface area contributed by atoms with E-state index in [1.807, 2.05) is 0 Å². The van der Waals surface area contributed by atoms with Crippen molar-refractivity contribution in [2.75, 3.05) is 5.32 Å². The molecule has 1 amide bonds. The Morgan fingerprint density at radius 1 is 1.25 bits per heavy atom. The summed E-state index contributed by atoms with van der Waals surface area (Å²) in [5, 5.41) is 11.9. The summed E-state index contributed by atoms with van der Waals surface area (Å²) >= 11 is 9.09. The van der Waals surface area contributed by atoms with Crippen molar-refractivity contribution in [3.63, 3.8) is 0 Å². The zero-order valence-electron chi connectivity index (χ0n) is 9.93. The first-order valence-electron chi connectivity index (χ1n) is 5.42. The summed E-state index contributed by atoms with van der Waals surface area (Å²) in [5.74, 6) is -1.53. The fraction of sp³-hybridized carbons (Fsp3) is 0. The average Bonchev–Trinajstić information content (AvgIpc) is 2.41. The minimum absolute atomic E-state index is 0.00652. The molecule has 1 aromatic carbocycles. The van der Waals surface area contributed by atoms with Crippen LogP contribution >= 0.6 is 27.5 Å². The number of rotatable bonds is 3. The number of halogens is 2. The molecule has 0 bridgehead atoms. The van der Waals surface area contributed by atoms with Gasteiger partial charge in [-0.15, -0.1) is 0 Å². The molecule has 0 saturated heterocycles. The topological polar surface area (TPSA) is 79.3 Å². The maximum atomic E-state index is 12.1. The van der Waals surface area contributed by atoms with Crippen LogP contribution in [0.15, 0.2) is 41.1 Å². The van der Waals surface area contributed by atoms with Gasteiger partial charge in [0.05, 0.1) is 23.0 Å². The second kappa shape index (κ2) is 6.02. The van der Waals surface area contributed by atoms with E-state index in [-0.39, 0.29) is 5.56 Å². The molecular weight excluding hydrogens is 348 g/mol. The van der Waals surface area contributed by atoms with Crippen molar-refractivity contribution in [2.45, 2.75) is 0 Å². The Balaban J connectivity index is 2.25. The first-order valence-corrected chi connectivity index (χ1v) is 6.59. The van der Waals surface area contributed by atoms with Crippen molar-refractivity contribution < 1.29 is 14.7 Å². The van der Waals surface area contributed by atoms with Crippen LogP contribution in [0.2, 0.25) is 5.02 Å². The van der Waals surface area contributed by atoms with E-state index in [9.17, 15) is 9.59 Å². The van der Waals surface area contributed by atoms with Crippen LogP contribution in [0, 0.1) is 0 Å². The van der Waals surface area contributed by atoms with Crippen molar-refractivity contribution in [2.24, 2.45) is 0 Å². The normalized spacial score (nSPS) is 10.1. The number of nitrogens with zero attached hydrogens (tertiary/aromatic N) is 1. The predicted octanol–water partition coefficient (Wildman–Crippen LogP) is 3.45. The van der Waals surface area contributed by atoms with E-state index >= 15 is 0 Å². The van der Waals surface area contributed by atoms with Crippen LogP contribution in [0.4, 0.5) is 5.69 Å². The fourth-order valence-electron chi connectivity index (χ4n) is 1.50. The number of benzene rings is 1. The Morgan fingerprint density at radius 2 is 2.00 bits per heavy atom. The Labute approximate surface area is 127 Å². The molecule has 0 aliphatic rings. The number of anilines is 1. The van der Waals surface area contributed by atoms with Crippen LogP contribution in [-0.4, -0.2) is 22.0 Å². The van der Waals surface area contributed by atoms with Gasteiger partial charge in [-0.3, -0.25) is 9.78 Å². The Bertz CT molecular complexity index is 691. The highest BCUT2D eigenvalue weighted by atomic mass is 79.9. The summed E-state index contributed by atoms with van der Waals surface area (Å²) < 4.78 is 0.585. The van der Waals surface area contributed by atoms with Crippen LogP contribution in [-0.2, 0) is 0 Å². The maximum absolute atomic E-state index is 12.1. The lowest BCUT2D eigenvalue weighted by molar-refractivity contribution is 0.0696. The number of carboxylic acid groups (broad SMARTS) is 1. The van der Waals surface area contributed by atoms with E-state index in [4.69, 9.17) is 16.7 Å². The highest BCUT2D eigenvalue weighted by Gasteiger charge is 2.12. The largest absolute Gasteiger partial charge is 0.478 e. The molecule has 0 fully saturated rings. The van der Waals surface area contributed by atoms with Crippen molar-refractivity contribution >= 4 is 45.1 Å². The molecular formula is C13H8BrClN2O3. The lowest BCUT2D eigenvalue weighted by atomic mass is 10.2. The summed E-state index contributed by atoms with van der Waals surface area (Å²) in [4.78, 5) is 26.7. The van der Waals surface area contributed by atoms with Crippen LogP contribution in [0.5, 0.6) is 0 Å². The van der Waals surface area contributed by atoms with Gasteiger partial charge in [0.2, 0.25) is 0 Å². The lowest BCUT2D eigenvalue weighted by Crippen LogP contribution is -2.13. The van der Waals surface area contributed by atoms with Gasteiger partial charge in [-0.25, -0.2) is 4.79 Å². The second-order valence-corrected chi connectivity index (χ2v) is 5.14. The number of nitrogens with one attached hydrogen (secondary N) is 1. The molecule has 0 spiro atoms. The third-order valence-electron chi connectivity index (χ3n) is 2.42. The molecule has 1 heterocycles. The highest BCUT2D eigenvalue weighted by molar-refractivity contribution is 9.10. The van der Waals surface area contributed by atoms with Crippen LogP contribution in [0.25, 0.3) is 0 Å². The summed E-state index contributed by atoms with van der Waals surface area (Å²) in [7, 11) is 0. The van der Waals surface area contributed by atoms with Crippen molar-refractivity contribution in [3.05, 3.63) is 57.3 Å². The summed E-state index contributed by atoms with van der Waals surface area (Å²) in [6, 6.07) is 6.14. The van der Waals surface area contributed by atoms with E-state index in [2.05, 4.69) is 26.2 Å². The molecule has 0 atom stereocenters. The molecule has 102 valence electrons. The third-order valence-corrected chi connectivity index (χ3v) is 3.34. The molecule has 0 unspecified atom stereocenters. The third kappa shape index (κ3) is 3.34. The first-order chi connectivity index (χ1) is 9.47.